The van der Waals surface area contributed by atoms with E-state index in [-0.39, 0.29) is 40.8 Å². The van der Waals surface area contributed by atoms with Gasteiger partial charge in [-0.05, 0) is 103 Å². The van der Waals surface area contributed by atoms with E-state index in [1.165, 1.54) is 0 Å². The van der Waals surface area contributed by atoms with Crippen LogP contribution in [0.25, 0.3) is 0 Å². The molecule has 0 spiro atoms. The molecule has 5 aliphatic carbocycles. The van der Waals surface area contributed by atoms with Crippen molar-refractivity contribution in [2.75, 3.05) is 19.8 Å². The Labute approximate surface area is 380 Å². The molecular weight excluding hydrogens is 852 g/mol. The summed E-state index contributed by atoms with van der Waals surface area (Å²) in [6.07, 6.45) is -14.8. The third kappa shape index (κ3) is 7.71. The standard InChI is InChI=1S/C47H76O18/c1-42(2)14-15-47(41(59)65-40-35(57)33(55)31(53)25(19-49)62-40)22(16-42)21-8-9-27-44(5)12-11-29(43(3,4)26(44)10-13-45(27,6)46(21,7)17-28(47)51)63-38-36(58)37(23(50)20-60-38)64-39-34(56)32(54)30(52)24(18-48)61-39/h8,22-40,48-58H,9-20H2,1-7H3/t22-,23-,24+,25+,26-,27+,28+,29-,30+,31+,32-,33-,34+,35+,36+,37-,38-,39-,40-,44-,45+,46+,47+/m0/s1. The summed E-state index contributed by atoms with van der Waals surface area (Å²) in [5, 5.41) is 117. The van der Waals surface area contributed by atoms with Gasteiger partial charge in [-0.2, -0.15) is 0 Å². The topological polar surface area (TPSA) is 295 Å². The van der Waals surface area contributed by atoms with Crippen molar-refractivity contribution in [1.29, 1.82) is 0 Å². The highest BCUT2D eigenvalue weighted by atomic mass is 16.7. The molecule has 3 aliphatic heterocycles. The zero-order valence-corrected chi connectivity index (χ0v) is 38.8. The van der Waals surface area contributed by atoms with Crippen molar-refractivity contribution in [2.45, 2.75) is 204 Å². The van der Waals surface area contributed by atoms with Gasteiger partial charge in [0.15, 0.2) is 12.6 Å². The summed E-state index contributed by atoms with van der Waals surface area (Å²) in [5.41, 5.74) is -1.81. The van der Waals surface area contributed by atoms with E-state index in [0.717, 1.165) is 31.3 Å². The molecule has 0 amide bonds. The number of aliphatic hydroxyl groups excluding tert-OH is 11. The van der Waals surface area contributed by atoms with E-state index < -0.39 is 133 Å². The Balaban J connectivity index is 1.02. The fourth-order valence-electron chi connectivity index (χ4n) is 14.9. The maximum Gasteiger partial charge on any atom is 0.317 e. The van der Waals surface area contributed by atoms with Crippen LogP contribution in [0.3, 0.4) is 0 Å². The molecule has 65 heavy (non-hydrogen) atoms. The van der Waals surface area contributed by atoms with Gasteiger partial charge < -0.3 is 84.6 Å². The summed E-state index contributed by atoms with van der Waals surface area (Å²) in [6, 6.07) is 0. The minimum absolute atomic E-state index is 0.160. The number of rotatable bonds is 8. The first-order valence-corrected chi connectivity index (χ1v) is 23.8. The van der Waals surface area contributed by atoms with Gasteiger partial charge in [0.1, 0.15) is 72.6 Å². The summed E-state index contributed by atoms with van der Waals surface area (Å²) in [4.78, 5) is 14.7. The van der Waals surface area contributed by atoms with Crippen molar-refractivity contribution in [2.24, 2.45) is 50.2 Å². The molecule has 23 atom stereocenters. The van der Waals surface area contributed by atoms with E-state index in [1.54, 1.807) is 0 Å². The second-order valence-electron chi connectivity index (χ2n) is 23.1. The molecule has 8 rings (SSSR count). The van der Waals surface area contributed by atoms with Crippen LogP contribution < -0.4 is 0 Å². The molecule has 18 heteroatoms. The van der Waals surface area contributed by atoms with Gasteiger partial charge in [-0.3, -0.25) is 4.79 Å². The number of carbonyl (C=O) groups excluding carboxylic acids is 1. The summed E-state index contributed by atoms with van der Waals surface area (Å²) in [7, 11) is 0. The fourth-order valence-corrected chi connectivity index (χ4v) is 14.9. The third-order valence-corrected chi connectivity index (χ3v) is 18.9. The molecule has 3 heterocycles. The van der Waals surface area contributed by atoms with Gasteiger partial charge in [-0.1, -0.05) is 60.1 Å². The van der Waals surface area contributed by atoms with E-state index in [2.05, 4.69) is 54.5 Å². The number of ether oxygens (including phenoxy) is 6. The summed E-state index contributed by atoms with van der Waals surface area (Å²) in [5.74, 6) is -0.778. The second kappa shape index (κ2) is 17.5. The Bertz CT molecular complexity index is 1770. The van der Waals surface area contributed by atoms with Crippen molar-refractivity contribution in [3.8, 4) is 0 Å². The van der Waals surface area contributed by atoms with Crippen molar-refractivity contribution < 1.29 is 89.4 Å². The molecule has 8 aliphatic rings. The molecule has 0 radical (unpaired) electrons. The highest BCUT2D eigenvalue weighted by Crippen LogP contribution is 2.76. The average molecular weight is 929 g/mol. The Morgan fingerprint density at radius 2 is 1.29 bits per heavy atom. The van der Waals surface area contributed by atoms with Gasteiger partial charge in [0.25, 0.3) is 0 Å². The zero-order valence-electron chi connectivity index (χ0n) is 38.8. The number of aliphatic hydroxyl groups is 11. The quantitative estimate of drug-likeness (QED) is 0.0850. The Morgan fingerprint density at radius 1 is 0.677 bits per heavy atom. The molecule has 372 valence electrons. The van der Waals surface area contributed by atoms with Crippen LogP contribution in [-0.4, -0.2) is 180 Å². The van der Waals surface area contributed by atoms with E-state index in [9.17, 15) is 61.0 Å². The third-order valence-electron chi connectivity index (χ3n) is 18.9. The normalized spacial score (nSPS) is 53.9. The lowest BCUT2D eigenvalue weighted by Gasteiger charge is -2.71. The molecule has 3 saturated heterocycles. The highest BCUT2D eigenvalue weighted by Gasteiger charge is 2.72. The Kier molecular flexibility index (Phi) is 13.4. The van der Waals surface area contributed by atoms with Crippen LogP contribution in [0, 0.1) is 50.2 Å². The van der Waals surface area contributed by atoms with Gasteiger partial charge in [0, 0.05) is 0 Å². The lowest BCUT2D eigenvalue weighted by molar-refractivity contribution is -0.357. The SMILES string of the molecule is CC1(C)CC[C@]2(C(=O)O[C@@H]3O[C@H](CO)[C@@H](O)[C@H](O)[C@H]3O)[C@H](O)C[C@]3(C)C(=CC[C@@H]4[C@@]5(C)CC[C@H](O[C@@H]6OC[C@H](O)[C@H](O[C@@H]7O[C@H](CO)[C@@H](O)[C@H](O)[C@H]7O)[C@H]6O)C(C)(C)[C@@H]5CC[C@]43C)[C@@H]2C1. The summed E-state index contributed by atoms with van der Waals surface area (Å²) >= 11 is 0. The minimum Gasteiger partial charge on any atom is -0.432 e. The van der Waals surface area contributed by atoms with Gasteiger partial charge in [-0.25, -0.2) is 0 Å². The van der Waals surface area contributed by atoms with Gasteiger partial charge in [0.05, 0.1) is 32.0 Å². The number of hydrogen-bond acceptors (Lipinski definition) is 18. The molecule has 4 saturated carbocycles. The lowest BCUT2D eigenvalue weighted by atomic mass is 9.33. The number of fused-ring (bicyclic) bond motifs is 7. The van der Waals surface area contributed by atoms with E-state index >= 15 is 0 Å². The Hall–Kier alpha value is -1.43. The van der Waals surface area contributed by atoms with Crippen LogP contribution in [0.4, 0.5) is 0 Å². The van der Waals surface area contributed by atoms with E-state index in [1.807, 2.05) is 0 Å². The minimum atomic E-state index is -1.77. The summed E-state index contributed by atoms with van der Waals surface area (Å²) in [6.45, 7) is 14.1. The van der Waals surface area contributed by atoms with Crippen molar-refractivity contribution in [3.63, 3.8) is 0 Å². The van der Waals surface area contributed by atoms with Crippen LogP contribution in [-0.2, 0) is 33.2 Å². The van der Waals surface area contributed by atoms with Crippen LogP contribution in [0.1, 0.15) is 106 Å². The zero-order chi connectivity index (χ0) is 47.6. The molecule has 0 aromatic rings. The van der Waals surface area contributed by atoms with Crippen LogP contribution in [0.5, 0.6) is 0 Å². The first-order chi connectivity index (χ1) is 30.3. The molecule has 18 nitrogen and oxygen atoms in total. The number of allylic oxidation sites excluding steroid dienone is 2. The van der Waals surface area contributed by atoms with E-state index in [4.69, 9.17) is 28.4 Å². The molecule has 0 bridgehead atoms. The maximum absolute atomic E-state index is 14.7. The van der Waals surface area contributed by atoms with E-state index in [0.29, 0.717) is 32.1 Å². The molecular formula is C47H76O18. The van der Waals surface area contributed by atoms with Crippen molar-refractivity contribution in [1.82, 2.24) is 0 Å². The molecule has 11 N–H and O–H groups in total. The highest BCUT2D eigenvalue weighted by molar-refractivity contribution is 5.80. The largest absolute Gasteiger partial charge is 0.432 e. The Morgan fingerprint density at radius 3 is 1.92 bits per heavy atom. The van der Waals surface area contributed by atoms with Gasteiger partial charge in [-0.15, -0.1) is 0 Å². The monoisotopic (exact) mass is 929 g/mol. The smallest absolute Gasteiger partial charge is 0.317 e. The van der Waals surface area contributed by atoms with Crippen molar-refractivity contribution >= 4 is 5.97 Å². The van der Waals surface area contributed by atoms with Crippen LogP contribution in [0.2, 0.25) is 0 Å². The number of carbonyl (C=O) groups is 1. The number of esters is 1. The van der Waals surface area contributed by atoms with Crippen LogP contribution >= 0.6 is 0 Å². The predicted octanol–water partition coefficient (Wildman–Crippen LogP) is -0.250. The first-order valence-electron chi connectivity index (χ1n) is 23.8. The van der Waals surface area contributed by atoms with Crippen molar-refractivity contribution in [3.05, 3.63) is 11.6 Å². The first kappa shape index (κ1) is 50.0. The molecule has 0 aromatic carbocycles. The molecule has 0 aromatic heterocycles. The average Bonchev–Trinajstić information content (AvgIpc) is 3.24. The summed E-state index contributed by atoms with van der Waals surface area (Å²) < 4.78 is 35.4. The fraction of sp³-hybridized carbons (Fsp3) is 0.936. The van der Waals surface area contributed by atoms with Crippen LogP contribution in [0.15, 0.2) is 11.6 Å². The van der Waals surface area contributed by atoms with Gasteiger partial charge in [0.2, 0.25) is 6.29 Å². The maximum atomic E-state index is 14.7. The molecule has 7 fully saturated rings. The lowest BCUT2D eigenvalue weighted by Crippen LogP contribution is -2.68. The molecule has 0 unspecified atom stereocenters. The second-order valence-corrected chi connectivity index (χ2v) is 23.1. The predicted molar refractivity (Wildman–Crippen MR) is 226 cm³/mol. The number of hydrogen-bond donors (Lipinski definition) is 11. The van der Waals surface area contributed by atoms with Gasteiger partial charge >= 0.3 is 5.97 Å².